The number of hydrogen-bond donors (Lipinski definition) is 1. The Bertz CT molecular complexity index is 409. The number of ether oxygens (including phenoxy) is 1. The van der Waals surface area contributed by atoms with Gasteiger partial charge in [-0.15, -0.1) is 0 Å². The molecule has 16 heavy (non-hydrogen) atoms. The lowest BCUT2D eigenvalue weighted by Crippen LogP contribution is -2.11. The Hall–Kier alpha value is -1.84. The molecule has 0 aliphatic heterocycles. The molecule has 0 heterocycles. The van der Waals surface area contributed by atoms with Crippen LogP contribution in [0.1, 0.15) is 29.3 Å². The van der Waals surface area contributed by atoms with Crippen LogP contribution in [0.15, 0.2) is 18.2 Å². The number of phenols is 1. The molecule has 0 aliphatic rings. The SMILES string of the molecule is CCOC(=O)CC(=O)c1cc(C)ccc1O. The van der Waals surface area contributed by atoms with Gasteiger partial charge in [-0.1, -0.05) is 11.6 Å². The van der Waals surface area contributed by atoms with Crippen molar-refractivity contribution in [3.63, 3.8) is 0 Å². The summed E-state index contributed by atoms with van der Waals surface area (Å²) < 4.78 is 4.66. The van der Waals surface area contributed by atoms with Gasteiger partial charge in [0.25, 0.3) is 0 Å². The number of aryl methyl sites for hydroxylation is 1. The molecule has 0 amide bonds. The normalized spacial score (nSPS) is 9.88. The maximum Gasteiger partial charge on any atom is 0.313 e. The maximum atomic E-state index is 11.6. The lowest BCUT2D eigenvalue weighted by molar-refractivity contribution is -0.141. The third-order valence-corrected chi connectivity index (χ3v) is 2.06. The van der Waals surface area contributed by atoms with Crippen molar-refractivity contribution in [2.45, 2.75) is 20.3 Å². The monoisotopic (exact) mass is 222 g/mol. The van der Waals surface area contributed by atoms with E-state index in [4.69, 9.17) is 0 Å². The van der Waals surface area contributed by atoms with Crippen LogP contribution >= 0.6 is 0 Å². The van der Waals surface area contributed by atoms with Gasteiger partial charge in [0, 0.05) is 0 Å². The summed E-state index contributed by atoms with van der Waals surface area (Å²) in [6.45, 7) is 3.72. The minimum Gasteiger partial charge on any atom is -0.507 e. The number of phenolic OH excluding ortho intramolecular Hbond substituents is 1. The van der Waals surface area contributed by atoms with Gasteiger partial charge in [-0.05, 0) is 26.0 Å². The molecular weight excluding hydrogens is 208 g/mol. The van der Waals surface area contributed by atoms with Gasteiger partial charge in [-0.2, -0.15) is 0 Å². The molecule has 1 N–H and O–H groups in total. The van der Waals surface area contributed by atoms with Gasteiger partial charge >= 0.3 is 5.97 Å². The van der Waals surface area contributed by atoms with Crippen LogP contribution in [0, 0.1) is 6.92 Å². The van der Waals surface area contributed by atoms with Crippen molar-refractivity contribution in [1.29, 1.82) is 0 Å². The third kappa shape index (κ3) is 3.08. The van der Waals surface area contributed by atoms with Crippen molar-refractivity contribution in [2.24, 2.45) is 0 Å². The number of esters is 1. The molecule has 1 aromatic rings. The van der Waals surface area contributed by atoms with Crippen LogP contribution in [-0.4, -0.2) is 23.5 Å². The van der Waals surface area contributed by atoms with Crippen LogP contribution in [0.3, 0.4) is 0 Å². The number of hydrogen-bond acceptors (Lipinski definition) is 4. The first-order valence-electron chi connectivity index (χ1n) is 5.03. The Kier molecular flexibility index (Phi) is 4.05. The minimum atomic E-state index is -0.576. The van der Waals surface area contributed by atoms with Crippen LogP contribution in [0.2, 0.25) is 0 Å². The van der Waals surface area contributed by atoms with Gasteiger partial charge < -0.3 is 9.84 Å². The molecule has 0 atom stereocenters. The second kappa shape index (κ2) is 5.30. The molecule has 0 unspecified atom stereocenters. The van der Waals surface area contributed by atoms with Crippen LogP contribution in [0.25, 0.3) is 0 Å². The largest absolute Gasteiger partial charge is 0.507 e. The molecule has 0 radical (unpaired) electrons. The first-order valence-corrected chi connectivity index (χ1v) is 5.03. The first-order chi connectivity index (χ1) is 7.54. The van der Waals surface area contributed by atoms with Gasteiger partial charge in [0.05, 0.1) is 12.2 Å². The second-order valence-electron chi connectivity index (χ2n) is 3.43. The fourth-order valence-corrected chi connectivity index (χ4v) is 1.31. The second-order valence-corrected chi connectivity index (χ2v) is 3.43. The molecule has 0 spiro atoms. The topological polar surface area (TPSA) is 63.6 Å². The number of rotatable bonds is 4. The predicted molar refractivity (Wildman–Crippen MR) is 58.4 cm³/mol. The summed E-state index contributed by atoms with van der Waals surface area (Å²) in [5, 5.41) is 9.48. The molecule has 0 fully saturated rings. The zero-order valence-corrected chi connectivity index (χ0v) is 9.32. The van der Waals surface area contributed by atoms with Crippen LogP contribution in [0.5, 0.6) is 5.75 Å². The molecule has 1 rings (SSSR count). The Balaban J connectivity index is 2.80. The summed E-state index contributed by atoms with van der Waals surface area (Å²) in [4.78, 5) is 22.7. The van der Waals surface area contributed by atoms with E-state index in [9.17, 15) is 14.7 Å². The highest BCUT2D eigenvalue weighted by Gasteiger charge is 2.15. The summed E-state index contributed by atoms with van der Waals surface area (Å²) in [5.41, 5.74) is 1.01. The fourth-order valence-electron chi connectivity index (χ4n) is 1.31. The van der Waals surface area contributed by atoms with Gasteiger partial charge in [0.1, 0.15) is 12.2 Å². The van der Waals surface area contributed by atoms with E-state index >= 15 is 0 Å². The van der Waals surface area contributed by atoms with E-state index in [1.54, 1.807) is 26.0 Å². The Morgan fingerprint density at radius 3 is 2.69 bits per heavy atom. The number of Topliss-reactive ketones (excluding diaryl/α,β-unsaturated/α-hetero) is 1. The zero-order chi connectivity index (χ0) is 12.1. The smallest absolute Gasteiger partial charge is 0.313 e. The van der Waals surface area contributed by atoms with Crippen molar-refractivity contribution >= 4 is 11.8 Å². The lowest BCUT2D eigenvalue weighted by Gasteiger charge is -2.04. The van der Waals surface area contributed by atoms with Crippen molar-refractivity contribution < 1.29 is 19.4 Å². The number of aromatic hydroxyl groups is 1. The fraction of sp³-hybridized carbons (Fsp3) is 0.333. The van der Waals surface area contributed by atoms with Crippen molar-refractivity contribution in [3.05, 3.63) is 29.3 Å². The average Bonchev–Trinajstić information content (AvgIpc) is 2.21. The van der Waals surface area contributed by atoms with E-state index in [1.807, 2.05) is 0 Å². The number of ketones is 1. The maximum absolute atomic E-state index is 11.6. The lowest BCUT2D eigenvalue weighted by atomic mass is 10.0. The summed E-state index contributed by atoms with van der Waals surface area (Å²) >= 11 is 0. The zero-order valence-electron chi connectivity index (χ0n) is 9.32. The summed E-state index contributed by atoms with van der Waals surface area (Å²) in [6, 6.07) is 4.68. The molecule has 1 aromatic carbocycles. The highest BCUT2D eigenvalue weighted by Crippen LogP contribution is 2.19. The van der Waals surface area contributed by atoms with E-state index in [2.05, 4.69) is 4.74 Å². The summed E-state index contributed by atoms with van der Waals surface area (Å²) in [5.74, 6) is -1.12. The van der Waals surface area contributed by atoms with Gasteiger partial charge in [-0.25, -0.2) is 0 Å². The van der Waals surface area contributed by atoms with E-state index in [0.29, 0.717) is 0 Å². The quantitative estimate of drug-likeness (QED) is 0.479. The molecule has 4 nitrogen and oxygen atoms in total. The average molecular weight is 222 g/mol. The van der Waals surface area contributed by atoms with Gasteiger partial charge in [0.15, 0.2) is 5.78 Å². The van der Waals surface area contributed by atoms with Crippen LogP contribution < -0.4 is 0 Å². The molecule has 86 valence electrons. The summed E-state index contributed by atoms with van der Waals surface area (Å²) in [6.07, 6.45) is -0.342. The van der Waals surface area contributed by atoms with E-state index < -0.39 is 11.8 Å². The van der Waals surface area contributed by atoms with E-state index in [1.165, 1.54) is 6.07 Å². The molecule has 0 saturated carbocycles. The molecule has 4 heteroatoms. The molecule has 0 aromatic heterocycles. The van der Waals surface area contributed by atoms with E-state index in [0.717, 1.165) is 5.56 Å². The third-order valence-electron chi connectivity index (χ3n) is 2.06. The number of carbonyl (C=O) groups excluding carboxylic acids is 2. The van der Waals surface area contributed by atoms with Crippen molar-refractivity contribution in [1.82, 2.24) is 0 Å². The molecule has 0 aliphatic carbocycles. The molecule has 0 bridgehead atoms. The molecule has 0 saturated heterocycles. The minimum absolute atomic E-state index is 0.111. The highest BCUT2D eigenvalue weighted by molar-refractivity contribution is 6.07. The van der Waals surface area contributed by atoms with Crippen LogP contribution in [0.4, 0.5) is 0 Å². The number of benzene rings is 1. The summed E-state index contributed by atoms with van der Waals surface area (Å²) in [7, 11) is 0. The number of carbonyl (C=O) groups is 2. The van der Waals surface area contributed by atoms with Crippen LogP contribution in [-0.2, 0) is 9.53 Å². The molecular formula is C12H14O4. The Morgan fingerprint density at radius 2 is 2.06 bits per heavy atom. The van der Waals surface area contributed by atoms with E-state index in [-0.39, 0.29) is 24.3 Å². The van der Waals surface area contributed by atoms with Gasteiger partial charge in [0.2, 0.25) is 0 Å². The van der Waals surface area contributed by atoms with Crippen molar-refractivity contribution in [2.75, 3.05) is 6.61 Å². The Labute approximate surface area is 93.9 Å². The standard InChI is InChI=1S/C12H14O4/c1-3-16-12(15)7-11(14)9-6-8(2)4-5-10(9)13/h4-6,13H,3,7H2,1-2H3. The van der Waals surface area contributed by atoms with Gasteiger partial charge in [-0.3, -0.25) is 9.59 Å². The predicted octanol–water partition coefficient (Wildman–Crippen LogP) is 1.84. The first kappa shape index (κ1) is 12.2. The highest BCUT2D eigenvalue weighted by atomic mass is 16.5. The Morgan fingerprint density at radius 1 is 1.38 bits per heavy atom. The van der Waals surface area contributed by atoms with Crippen molar-refractivity contribution in [3.8, 4) is 5.75 Å².